The first-order chi connectivity index (χ1) is 18.3. The predicted octanol–water partition coefficient (Wildman–Crippen LogP) is 3.82. The van der Waals surface area contributed by atoms with Crippen molar-refractivity contribution < 1.29 is 27.4 Å². The molecule has 3 rings (SSSR count). The highest BCUT2D eigenvalue weighted by Crippen LogP contribution is 2.23. The number of nitrogens with one attached hydrogen (secondary N) is 1. The van der Waals surface area contributed by atoms with Crippen molar-refractivity contribution in [2.45, 2.75) is 31.5 Å². The van der Waals surface area contributed by atoms with Gasteiger partial charge in [0.25, 0.3) is 5.91 Å². The van der Waals surface area contributed by atoms with E-state index >= 15 is 0 Å². The number of hydrogen-bond acceptors (Lipinski definition) is 6. The summed E-state index contributed by atoms with van der Waals surface area (Å²) in [6.45, 7) is 1.44. The number of amides is 1. The van der Waals surface area contributed by atoms with Crippen molar-refractivity contribution >= 4 is 33.2 Å². The van der Waals surface area contributed by atoms with Crippen LogP contribution >= 0.6 is 11.6 Å². The molecule has 11 heteroatoms. The lowest BCUT2D eigenvalue weighted by Crippen LogP contribution is -2.50. The Morgan fingerprint density at radius 3 is 2.36 bits per heavy atom. The number of nitrogens with two attached hydrogens (primary N) is 1. The summed E-state index contributed by atoms with van der Waals surface area (Å²) in [4.78, 5) is 13.1. The number of nitrogens with zero attached hydrogens (tertiary/aromatic N) is 1. The van der Waals surface area contributed by atoms with Crippen molar-refractivity contribution in [2.24, 2.45) is 5.73 Å². The summed E-state index contributed by atoms with van der Waals surface area (Å²) in [6, 6.07) is 17.2. The van der Waals surface area contributed by atoms with Gasteiger partial charge in [-0.2, -0.15) is 0 Å². The lowest BCUT2D eigenvalue weighted by molar-refractivity contribution is 0.0457. The van der Waals surface area contributed by atoms with Gasteiger partial charge in [0.15, 0.2) is 0 Å². The van der Waals surface area contributed by atoms with Gasteiger partial charge in [-0.05, 0) is 72.5 Å². The van der Waals surface area contributed by atoms with Gasteiger partial charge in [0.2, 0.25) is 10.0 Å². The van der Waals surface area contributed by atoms with Crippen LogP contribution in [0.25, 0.3) is 0 Å². The third-order valence-corrected chi connectivity index (χ3v) is 7.72. The molecule has 1 unspecified atom stereocenters. The molecule has 2 atom stereocenters. The van der Waals surface area contributed by atoms with Crippen molar-refractivity contribution in [1.82, 2.24) is 5.32 Å². The van der Waals surface area contributed by atoms with Gasteiger partial charge in [-0.1, -0.05) is 35.9 Å². The van der Waals surface area contributed by atoms with Crippen molar-refractivity contribution in [2.75, 3.05) is 30.8 Å². The fourth-order valence-corrected chi connectivity index (χ4v) is 4.52. The van der Waals surface area contributed by atoms with E-state index in [9.17, 15) is 22.7 Å². The number of anilines is 1. The van der Waals surface area contributed by atoms with Crippen molar-refractivity contribution in [3.8, 4) is 0 Å². The highest BCUT2D eigenvalue weighted by atomic mass is 35.5. The van der Waals surface area contributed by atoms with Crippen LogP contribution < -0.4 is 15.4 Å². The van der Waals surface area contributed by atoms with E-state index < -0.39 is 27.5 Å². The van der Waals surface area contributed by atoms with Gasteiger partial charge in [-0.3, -0.25) is 9.10 Å². The number of hydrogen-bond donors (Lipinski definition) is 3. The zero-order valence-corrected chi connectivity index (χ0v) is 23.6. The molecule has 0 heterocycles. The minimum absolute atomic E-state index is 0.00139. The van der Waals surface area contributed by atoms with Crippen molar-refractivity contribution in [1.29, 1.82) is 0 Å². The average molecular weight is 578 g/mol. The lowest BCUT2D eigenvalue weighted by atomic mass is 9.93. The first-order valence-corrected chi connectivity index (χ1v) is 14.4. The summed E-state index contributed by atoms with van der Waals surface area (Å²) >= 11 is 5.94. The molecule has 0 spiro atoms. The van der Waals surface area contributed by atoms with Crippen LogP contribution in [0.15, 0.2) is 66.7 Å². The first-order valence-electron chi connectivity index (χ1n) is 12.2. The van der Waals surface area contributed by atoms with Crippen LogP contribution in [0, 0.1) is 5.82 Å². The Bertz CT molecular complexity index is 1390. The molecular weight excluding hydrogens is 545 g/mol. The van der Waals surface area contributed by atoms with E-state index in [4.69, 9.17) is 22.1 Å². The maximum Gasteiger partial charge on any atom is 0.251 e. The second-order valence-electron chi connectivity index (χ2n) is 9.68. The highest BCUT2D eigenvalue weighted by molar-refractivity contribution is 7.92. The number of benzene rings is 3. The molecule has 0 aliphatic heterocycles. The van der Waals surface area contributed by atoms with Crippen molar-refractivity contribution in [3.05, 3.63) is 99.8 Å². The minimum atomic E-state index is -3.61. The summed E-state index contributed by atoms with van der Waals surface area (Å²) in [7, 11) is -2.22. The van der Waals surface area contributed by atoms with Crippen LogP contribution in [-0.2, 0) is 27.8 Å². The van der Waals surface area contributed by atoms with Gasteiger partial charge in [0, 0.05) is 17.6 Å². The minimum Gasteiger partial charge on any atom is -0.394 e. The Hall–Kier alpha value is -3.02. The zero-order valence-electron chi connectivity index (χ0n) is 22.0. The topological polar surface area (TPSA) is 122 Å². The van der Waals surface area contributed by atoms with Crippen LogP contribution in [0.3, 0.4) is 0 Å². The number of halogens is 2. The maximum absolute atomic E-state index is 13.3. The number of aliphatic hydroxyl groups is 1. The summed E-state index contributed by atoms with van der Waals surface area (Å²) in [5.41, 5.74) is 7.94. The Morgan fingerprint density at radius 1 is 1.13 bits per heavy atom. The van der Waals surface area contributed by atoms with Gasteiger partial charge in [0.05, 0.1) is 43.3 Å². The fourth-order valence-electron chi connectivity index (χ4n) is 3.91. The average Bonchev–Trinajstić information content (AvgIpc) is 2.89. The molecule has 0 bridgehead atoms. The summed E-state index contributed by atoms with van der Waals surface area (Å²) in [6.07, 6.45) is 1.40. The molecule has 0 radical (unpaired) electrons. The van der Waals surface area contributed by atoms with Crippen LogP contribution in [0.2, 0.25) is 5.02 Å². The molecule has 0 saturated carbocycles. The monoisotopic (exact) mass is 577 g/mol. The Morgan fingerprint density at radius 2 is 1.77 bits per heavy atom. The normalized spacial score (nSPS) is 13.9. The van der Waals surface area contributed by atoms with Gasteiger partial charge in [-0.25, -0.2) is 12.8 Å². The number of sulfonamides is 1. The van der Waals surface area contributed by atoms with E-state index in [1.165, 1.54) is 25.2 Å². The van der Waals surface area contributed by atoms with Crippen molar-refractivity contribution in [3.63, 3.8) is 0 Å². The zero-order chi connectivity index (χ0) is 28.8. The molecule has 0 aliphatic rings. The van der Waals surface area contributed by atoms with E-state index in [1.54, 1.807) is 43.3 Å². The number of carbonyl (C=O) groups is 1. The Kier molecular flexibility index (Phi) is 10.1. The molecule has 0 aliphatic carbocycles. The molecule has 8 nitrogen and oxygen atoms in total. The molecule has 3 aromatic rings. The lowest BCUT2D eigenvalue weighted by Gasteiger charge is -2.27. The number of rotatable bonds is 12. The first kappa shape index (κ1) is 30.5. The van der Waals surface area contributed by atoms with Crippen LogP contribution in [0.1, 0.15) is 40.0 Å². The third-order valence-electron chi connectivity index (χ3n) is 6.26. The van der Waals surface area contributed by atoms with E-state index in [1.807, 2.05) is 12.1 Å². The van der Waals surface area contributed by atoms with Crippen LogP contribution in [0.4, 0.5) is 10.1 Å². The number of ether oxygens (including phenoxy) is 1. The molecule has 4 N–H and O–H groups in total. The van der Waals surface area contributed by atoms with Gasteiger partial charge < -0.3 is 20.9 Å². The largest absolute Gasteiger partial charge is 0.394 e. The molecule has 0 saturated heterocycles. The molecule has 210 valence electrons. The Balaban J connectivity index is 1.78. The van der Waals surface area contributed by atoms with Gasteiger partial charge in [0.1, 0.15) is 5.82 Å². The maximum atomic E-state index is 13.3. The van der Waals surface area contributed by atoms with E-state index in [0.29, 0.717) is 22.6 Å². The summed E-state index contributed by atoms with van der Waals surface area (Å²) < 4.78 is 44.6. The molecule has 3 aromatic carbocycles. The summed E-state index contributed by atoms with van der Waals surface area (Å²) in [5.74, 6) is -0.822. The highest BCUT2D eigenvalue weighted by Gasteiger charge is 2.25. The second kappa shape index (κ2) is 12.9. The molecular formula is C28H33ClFN3O5S. The molecule has 39 heavy (non-hydrogen) atoms. The van der Waals surface area contributed by atoms with E-state index in [2.05, 4.69) is 5.32 Å². The SMILES string of the molecule is C[C@@H](NC(=O)c1cc(COCC(N)(CO)Cc2ccc(Cl)cc2)cc(N(C)S(C)(=O)=O)c1)c1ccc(F)cc1. The quantitative estimate of drug-likeness (QED) is 0.301. The van der Waals surface area contributed by atoms with Crippen LogP contribution in [0.5, 0.6) is 0 Å². The summed E-state index contributed by atoms with van der Waals surface area (Å²) in [5, 5.41) is 13.4. The van der Waals surface area contributed by atoms with E-state index in [-0.39, 0.29) is 36.9 Å². The fraction of sp³-hybridized carbons (Fsp3) is 0.321. The smallest absolute Gasteiger partial charge is 0.251 e. The van der Waals surface area contributed by atoms with Crippen LogP contribution in [-0.4, -0.2) is 51.5 Å². The molecule has 1 amide bonds. The predicted molar refractivity (Wildman–Crippen MR) is 151 cm³/mol. The van der Waals surface area contributed by atoms with Gasteiger partial charge in [-0.15, -0.1) is 0 Å². The second-order valence-corrected chi connectivity index (χ2v) is 12.1. The number of carbonyl (C=O) groups excluding carboxylic acids is 1. The number of aliphatic hydroxyl groups excluding tert-OH is 1. The Labute approximate surface area is 233 Å². The molecule has 0 fully saturated rings. The van der Waals surface area contributed by atoms with Gasteiger partial charge >= 0.3 is 0 Å². The molecule has 0 aromatic heterocycles. The standard InChI is InChI=1S/C28H33ClFN3O5S/c1-19(22-6-10-25(30)11-7-22)32-27(35)23-12-21(13-26(14-23)33(2)39(3,36)37)16-38-18-28(31,17-34)15-20-4-8-24(29)9-5-20/h4-14,19,34H,15-18,31H2,1-3H3,(H,32,35)/t19-,28?/m1/s1. The third kappa shape index (κ3) is 8.74. The van der Waals surface area contributed by atoms with E-state index in [0.717, 1.165) is 16.1 Å².